The summed E-state index contributed by atoms with van der Waals surface area (Å²) in [6.45, 7) is 2.20. The van der Waals surface area contributed by atoms with Crippen molar-refractivity contribution in [2.24, 2.45) is 11.1 Å². The third kappa shape index (κ3) is 1.95. The molecule has 0 spiro atoms. The molecule has 1 amide bonds. The Morgan fingerprint density at radius 1 is 1.62 bits per heavy atom. The van der Waals surface area contributed by atoms with Gasteiger partial charge in [0.1, 0.15) is 6.26 Å². The first-order chi connectivity index (χ1) is 7.66. The van der Waals surface area contributed by atoms with Gasteiger partial charge in [0, 0.05) is 6.54 Å². The lowest BCUT2D eigenvalue weighted by Gasteiger charge is -2.24. The average Bonchev–Trinajstić information content (AvgIpc) is 2.88. The van der Waals surface area contributed by atoms with Gasteiger partial charge in [-0.15, -0.1) is 0 Å². The average molecular weight is 223 g/mol. The van der Waals surface area contributed by atoms with Crippen LogP contribution in [0.25, 0.3) is 0 Å². The molecule has 1 saturated carbocycles. The summed E-state index contributed by atoms with van der Waals surface area (Å²) in [5, 5.41) is 2.70. The number of carbonyl (C=O) groups excluding carboxylic acids is 1. The molecule has 0 radical (unpaired) electrons. The standard InChI is InChI=1S/C11H17N3O2/c1-8-6-16-10(13-8)14-9(15)11(7-12)4-2-3-5-11/h6H,2-5,7,12H2,1H3,(H,13,14,15). The summed E-state index contributed by atoms with van der Waals surface area (Å²) in [5.41, 5.74) is 6.06. The first-order valence-electron chi connectivity index (χ1n) is 5.60. The fourth-order valence-corrected chi connectivity index (χ4v) is 2.22. The van der Waals surface area contributed by atoms with Crippen LogP contribution in [0.5, 0.6) is 0 Å². The maximum atomic E-state index is 12.1. The lowest BCUT2D eigenvalue weighted by Crippen LogP contribution is -2.40. The van der Waals surface area contributed by atoms with Gasteiger partial charge in [0.2, 0.25) is 5.91 Å². The second-order valence-corrected chi connectivity index (χ2v) is 4.44. The number of oxazole rings is 1. The molecule has 0 aliphatic heterocycles. The summed E-state index contributed by atoms with van der Waals surface area (Å²) in [6, 6.07) is 0.266. The summed E-state index contributed by atoms with van der Waals surface area (Å²) < 4.78 is 5.10. The Morgan fingerprint density at radius 3 is 2.81 bits per heavy atom. The predicted octanol–water partition coefficient (Wildman–Crippen LogP) is 1.44. The molecule has 5 heteroatoms. The molecule has 1 aromatic rings. The number of nitrogens with two attached hydrogens (primary N) is 1. The number of carbonyl (C=O) groups is 1. The fraction of sp³-hybridized carbons (Fsp3) is 0.636. The number of amides is 1. The molecule has 0 bridgehead atoms. The third-order valence-corrected chi connectivity index (χ3v) is 3.27. The minimum atomic E-state index is -0.414. The lowest BCUT2D eigenvalue weighted by atomic mass is 9.85. The number of aromatic nitrogens is 1. The van der Waals surface area contributed by atoms with Crippen molar-refractivity contribution < 1.29 is 9.21 Å². The Kier molecular flexibility index (Phi) is 2.96. The van der Waals surface area contributed by atoms with E-state index in [1.807, 2.05) is 6.92 Å². The zero-order valence-electron chi connectivity index (χ0n) is 9.45. The summed E-state index contributed by atoms with van der Waals surface area (Å²) in [6.07, 6.45) is 5.36. The van der Waals surface area contributed by atoms with Gasteiger partial charge >= 0.3 is 6.01 Å². The van der Waals surface area contributed by atoms with Crippen molar-refractivity contribution in [2.45, 2.75) is 32.6 Å². The number of nitrogens with zero attached hydrogens (tertiary/aromatic N) is 1. The van der Waals surface area contributed by atoms with Gasteiger partial charge in [-0.2, -0.15) is 4.98 Å². The quantitative estimate of drug-likeness (QED) is 0.812. The highest BCUT2D eigenvalue weighted by Gasteiger charge is 2.40. The maximum Gasteiger partial charge on any atom is 0.301 e. The van der Waals surface area contributed by atoms with Gasteiger partial charge in [-0.05, 0) is 19.8 Å². The van der Waals surface area contributed by atoms with Gasteiger partial charge in [0.15, 0.2) is 0 Å². The zero-order chi connectivity index (χ0) is 11.6. The molecule has 0 aromatic carbocycles. The summed E-state index contributed by atoms with van der Waals surface area (Å²) in [5.74, 6) is -0.0608. The Balaban J connectivity index is 2.07. The van der Waals surface area contributed by atoms with E-state index in [-0.39, 0.29) is 11.9 Å². The molecule has 0 saturated heterocycles. The highest BCUT2D eigenvalue weighted by Crippen LogP contribution is 2.38. The van der Waals surface area contributed by atoms with Gasteiger partial charge in [0.05, 0.1) is 11.1 Å². The first kappa shape index (κ1) is 11.1. The van der Waals surface area contributed by atoms with Crippen molar-refractivity contribution in [3.63, 3.8) is 0 Å². The van der Waals surface area contributed by atoms with Crippen LogP contribution < -0.4 is 11.1 Å². The van der Waals surface area contributed by atoms with E-state index < -0.39 is 5.41 Å². The number of anilines is 1. The van der Waals surface area contributed by atoms with Crippen molar-refractivity contribution in [1.82, 2.24) is 4.98 Å². The molecular formula is C11H17N3O2. The van der Waals surface area contributed by atoms with Crippen LogP contribution in [0.1, 0.15) is 31.4 Å². The van der Waals surface area contributed by atoms with E-state index in [9.17, 15) is 4.79 Å². The van der Waals surface area contributed by atoms with Crippen LogP contribution in [0.4, 0.5) is 6.01 Å². The highest BCUT2D eigenvalue weighted by molar-refractivity contribution is 5.94. The highest BCUT2D eigenvalue weighted by atomic mass is 16.4. The Labute approximate surface area is 94.4 Å². The van der Waals surface area contributed by atoms with Crippen LogP contribution >= 0.6 is 0 Å². The van der Waals surface area contributed by atoms with E-state index in [1.165, 1.54) is 6.26 Å². The Morgan fingerprint density at radius 2 is 2.31 bits per heavy atom. The van der Waals surface area contributed by atoms with Gasteiger partial charge in [-0.25, -0.2) is 0 Å². The van der Waals surface area contributed by atoms with Crippen LogP contribution in [0.15, 0.2) is 10.7 Å². The minimum absolute atomic E-state index is 0.0608. The van der Waals surface area contributed by atoms with E-state index >= 15 is 0 Å². The number of rotatable bonds is 3. The molecule has 1 aliphatic rings. The van der Waals surface area contributed by atoms with E-state index in [4.69, 9.17) is 10.2 Å². The van der Waals surface area contributed by atoms with Crippen molar-refractivity contribution in [3.05, 3.63) is 12.0 Å². The molecule has 5 nitrogen and oxygen atoms in total. The lowest BCUT2D eigenvalue weighted by molar-refractivity contribution is -0.125. The number of hydrogen-bond donors (Lipinski definition) is 2. The molecule has 16 heavy (non-hydrogen) atoms. The van der Waals surface area contributed by atoms with Gasteiger partial charge in [-0.1, -0.05) is 12.8 Å². The van der Waals surface area contributed by atoms with Crippen LogP contribution in [0.2, 0.25) is 0 Å². The summed E-state index contributed by atoms with van der Waals surface area (Å²) in [7, 11) is 0. The van der Waals surface area contributed by atoms with E-state index in [2.05, 4.69) is 10.3 Å². The molecule has 1 aliphatic carbocycles. The minimum Gasteiger partial charge on any atom is -0.432 e. The fourth-order valence-electron chi connectivity index (χ4n) is 2.22. The van der Waals surface area contributed by atoms with E-state index in [0.29, 0.717) is 6.54 Å². The van der Waals surface area contributed by atoms with Gasteiger partial charge in [0.25, 0.3) is 0 Å². The van der Waals surface area contributed by atoms with Crippen LogP contribution in [0, 0.1) is 12.3 Å². The smallest absolute Gasteiger partial charge is 0.301 e. The topological polar surface area (TPSA) is 81.2 Å². The second kappa shape index (κ2) is 4.25. The number of nitrogens with one attached hydrogen (secondary N) is 1. The second-order valence-electron chi connectivity index (χ2n) is 4.44. The molecular weight excluding hydrogens is 206 g/mol. The molecule has 1 aromatic heterocycles. The SMILES string of the molecule is Cc1coc(NC(=O)C2(CN)CCCC2)n1. The zero-order valence-corrected chi connectivity index (χ0v) is 9.45. The molecule has 0 unspecified atom stereocenters. The molecule has 2 rings (SSSR count). The molecule has 1 heterocycles. The Bertz CT molecular complexity index is 380. The summed E-state index contributed by atoms with van der Waals surface area (Å²) >= 11 is 0. The van der Waals surface area contributed by atoms with Crippen LogP contribution in [-0.4, -0.2) is 17.4 Å². The van der Waals surface area contributed by atoms with Gasteiger partial charge in [-0.3, -0.25) is 10.1 Å². The first-order valence-corrected chi connectivity index (χ1v) is 5.60. The van der Waals surface area contributed by atoms with Gasteiger partial charge < -0.3 is 10.2 Å². The van der Waals surface area contributed by atoms with Crippen molar-refractivity contribution >= 4 is 11.9 Å². The predicted molar refractivity (Wildman–Crippen MR) is 59.8 cm³/mol. The van der Waals surface area contributed by atoms with Crippen molar-refractivity contribution in [1.29, 1.82) is 0 Å². The number of hydrogen-bond acceptors (Lipinski definition) is 4. The van der Waals surface area contributed by atoms with Crippen LogP contribution in [0.3, 0.4) is 0 Å². The number of aryl methyl sites for hydroxylation is 1. The molecule has 0 atom stereocenters. The third-order valence-electron chi connectivity index (χ3n) is 3.27. The van der Waals surface area contributed by atoms with Crippen molar-refractivity contribution in [2.75, 3.05) is 11.9 Å². The van der Waals surface area contributed by atoms with Crippen LogP contribution in [-0.2, 0) is 4.79 Å². The molecule has 88 valence electrons. The normalized spacial score (nSPS) is 18.6. The monoisotopic (exact) mass is 223 g/mol. The van der Waals surface area contributed by atoms with Crippen molar-refractivity contribution in [3.8, 4) is 0 Å². The maximum absolute atomic E-state index is 12.1. The largest absolute Gasteiger partial charge is 0.432 e. The molecule has 1 fully saturated rings. The van der Waals surface area contributed by atoms with E-state index in [1.54, 1.807) is 0 Å². The Hall–Kier alpha value is -1.36. The summed E-state index contributed by atoms with van der Waals surface area (Å²) in [4.78, 5) is 16.1. The molecule has 3 N–H and O–H groups in total. The van der Waals surface area contributed by atoms with E-state index in [0.717, 1.165) is 31.4 Å².